The van der Waals surface area contributed by atoms with Gasteiger partial charge in [-0.2, -0.15) is 0 Å². The molecule has 1 unspecified atom stereocenters. The second-order valence-electron chi connectivity index (χ2n) is 6.50. The largest absolute Gasteiger partial charge is 0.310 e. The van der Waals surface area contributed by atoms with Gasteiger partial charge in [0.1, 0.15) is 0 Å². The van der Waals surface area contributed by atoms with E-state index in [9.17, 15) is 0 Å². The van der Waals surface area contributed by atoms with Gasteiger partial charge >= 0.3 is 0 Å². The predicted octanol–water partition coefficient (Wildman–Crippen LogP) is 4.41. The normalized spacial score (nSPS) is 20.7. The van der Waals surface area contributed by atoms with Gasteiger partial charge in [-0.15, -0.1) is 0 Å². The van der Waals surface area contributed by atoms with Crippen molar-refractivity contribution < 1.29 is 0 Å². The fourth-order valence-corrected chi connectivity index (χ4v) is 3.78. The summed E-state index contributed by atoms with van der Waals surface area (Å²) in [5, 5.41) is 3.72. The molecule has 2 aliphatic carbocycles. The van der Waals surface area contributed by atoms with E-state index in [0.29, 0.717) is 6.04 Å². The summed E-state index contributed by atoms with van der Waals surface area (Å²) < 4.78 is 0. The first kappa shape index (κ1) is 13.2. The molecule has 2 aliphatic rings. The summed E-state index contributed by atoms with van der Waals surface area (Å²) in [6.07, 6.45) is 11.2. The van der Waals surface area contributed by atoms with Crippen molar-refractivity contribution >= 4 is 0 Å². The molecular weight excluding hydrogens is 230 g/mol. The zero-order chi connectivity index (χ0) is 13.1. The average Bonchev–Trinajstić information content (AvgIpc) is 3.08. The second kappa shape index (κ2) is 6.09. The molecule has 1 aromatic carbocycles. The topological polar surface area (TPSA) is 12.0 Å². The van der Waals surface area contributed by atoms with Gasteiger partial charge in [0.2, 0.25) is 0 Å². The number of benzene rings is 1. The van der Waals surface area contributed by atoms with Crippen LogP contribution < -0.4 is 5.32 Å². The Hall–Kier alpha value is -0.820. The van der Waals surface area contributed by atoms with Crippen LogP contribution in [-0.4, -0.2) is 6.54 Å². The third kappa shape index (κ3) is 3.20. The minimum absolute atomic E-state index is 0.507. The third-order valence-electron chi connectivity index (χ3n) is 5.10. The number of nitrogens with one attached hydrogen (secondary N) is 1. The summed E-state index contributed by atoms with van der Waals surface area (Å²) in [6.45, 7) is 3.49. The summed E-state index contributed by atoms with van der Waals surface area (Å²) in [6, 6.07) is 7.63. The first-order valence-corrected chi connectivity index (χ1v) is 8.18. The number of hydrogen-bond acceptors (Lipinski definition) is 1. The highest BCUT2D eigenvalue weighted by Crippen LogP contribution is 2.28. The number of fused-ring (bicyclic) bond motifs is 1. The van der Waals surface area contributed by atoms with Crippen molar-refractivity contribution in [2.45, 2.75) is 64.3 Å². The first-order valence-electron chi connectivity index (χ1n) is 8.18. The van der Waals surface area contributed by atoms with E-state index in [1.807, 2.05) is 0 Å². The van der Waals surface area contributed by atoms with E-state index in [0.717, 1.165) is 5.92 Å². The first-order chi connectivity index (χ1) is 9.33. The van der Waals surface area contributed by atoms with Gasteiger partial charge in [-0.1, -0.05) is 43.9 Å². The predicted molar refractivity (Wildman–Crippen MR) is 81.5 cm³/mol. The van der Waals surface area contributed by atoms with E-state index < -0.39 is 0 Å². The highest BCUT2D eigenvalue weighted by Gasteiger charge is 2.16. The summed E-state index contributed by atoms with van der Waals surface area (Å²) in [7, 11) is 0. The Morgan fingerprint density at radius 3 is 2.74 bits per heavy atom. The second-order valence-corrected chi connectivity index (χ2v) is 6.50. The van der Waals surface area contributed by atoms with E-state index in [1.54, 1.807) is 11.1 Å². The Kier molecular flexibility index (Phi) is 4.22. The molecule has 3 rings (SSSR count). The molecule has 1 N–H and O–H groups in total. The molecule has 1 heteroatoms. The summed E-state index contributed by atoms with van der Waals surface area (Å²) in [4.78, 5) is 0. The molecule has 0 aliphatic heterocycles. The van der Waals surface area contributed by atoms with E-state index >= 15 is 0 Å². The molecule has 1 saturated carbocycles. The molecule has 19 heavy (non-hydrogen) atoms. The Morgan fingerprint density at radius 1 is 1.11 bits per heavy atom. The lowest BCUT2D eigenvalue weighted by Crippen LogP contribution is -2.21. The van der Waals surface area contributed by atoms with E-state index in [2.05, 4.69) is 30.4 Å². The lowest BCUT2D eigenvalue weighted by atomic mass is 10.0. The molecule has 1 aromatic rings. The van der Waals surface area contributed by atoms with Crippen LogP contribution in [0.25, 0.3) is 0 Å². The van der Waals surface area contributed by atoms with Crippen molar-refractivity contribution in [3.63, 3.8) is 0 Å². The standard InChI is InChI=1S/C18H27N/c1-14(19-12-11-15-5-2-3-6-15)17-10-9-16-7-4-8-18(16)13-17/h9-10,13-15,19H,2-8,11-12H2,1H3. The molecule has 0 bridgehead atoms. The quantitative estimate of drug-likeness (QED) is 0.824. The lowest BCUT2D eigenvalue weighted by Gasteiger charge is -2.17. The van der Waals surface area contributed by atoms with Gasteiger partial charge in [0, 0.05) is 6.04 Å². The SMILES string of the molecule is CC(NCCC1CCCC1)c1ccc2c(c1)CCC2. The Morgan fingerprint density at radius 2 is 1.89 bits per heavy atom. The van der Waals surface area contributed by atoms with E-state index in [-0.39, 0.29) is 0 Å². The summed E-state index contributed by atoms with van der Waals surface area (Å²) in [5.41, 5.74) is 4.66. The van der Waals surface area contributed by atoms with Gasteiger partial charge in [-0.3, -0.25) is 0 Å². The number of rotatable bonds is 5. The van der Waals surface area contributed by atoms with Crippen molar-refractivity contribution in [3.05, 3.63) is 34.9 Å². The molecule has 1 atom stereocenters. The molecule has 104 valence electrons. The van der Waals surface area contributed by atoms with Crippen LogP contribution in [0.3, 0.4) is 0 Å². The van der Waals surface area contributed by atoms with Crippen molar-refractivity contribution in [3.8, 4) is 0 Å². The summed E-state index contributed by atoms with van der Waals surface area (Å²) in [5.74, 6) is 1.000. The Balaban J connectivity index is 1.50. The summed E-state index contributed by atoms with van der Waals surface area (Å²) >= 11 is 0. The van der Waals surface area contributed by atoms with Gasteiger partial charge in [0.15, 0.2) is 0 Å². The van der Waals surface area contributed by atoms with E-state index in [4.69, 9.17) is 0 Å². The number of hydrogen-bond donors (Lipinski definition) is 1. The van der Waals surface area contributed by atoms with E-state index in [1.165, 1.54) is 63.5 Å². The van der Waals surface area contributed by atoms with Crippen LogP contribution in [0.4, 0.5) is 0 Å². The van der Waals surface area contributed by atoms with Gasteiger partial charge in [-0.05, 0) is 61.8 Å². The van der Waals surface area contributed by atoms with Gasteiger partial charge < -0.3 is 5.32 Å². The molecule has 0 saturated heterocycles. The van der Waals surface area contributed by atoms with Crippen molar-refractivity contribution in [1.82, 2.24) is 5.32 Å². The maximum atomic E-state index is 3.72. The zero-order valence-corrected chi connectivity index (χ0v) is 12.3. The Bertz CT molecular complexity index is 418. The van der Waals surface area contributed by atoms with Crippen LogP contribution in [0.5, 0.6) is 0 Å². The van der Waals surface area contributed by atoms with Gasteiger partial charge in [-0.25, -0.2) is 0 Å². The lowest BCUT2D eigenvalue weighted by molar-refractivity contribution is 0.455. The highest BCUT2D eigenvalue weighted by molar-refractivity contribution is 5.36. The molecular formula is C18H27N. The molecule has 0 radical (unpaired) electrons. The van der Waals surface area contributed by atoms with Crippen LogP contribution in [0, 0.1) is 5.92 Å². The maximum Gasteiger partial charge on any atom is 0.0291 e. The fraction of sp³-hybridized carbons (Fsp3) is 0.667. The van der Waals surface area contributed by atoms with Crippen LogP contribution >= 0.6 is 0 Å². The van der Waals surface area contributed by atoms with Crippen LogP contribution in [0.2, 0.25) is 0 Å². The molecule has 0 spiro atoms. The number of aryl methyl sites for hydroxylation is 2. The average molecular weight is 257 g/mol. The van der Waals surface area contributed by atoms with Crippen LogP contribution in [0.1, 0.15) is 68.2 Å². The van der Waals surface area contributed by atoms with Crippen LogP contribution in [-0.2, 0) is 12.8 Å². The Labute approximate surface area is 117 Å². The smallest absolute Gasteiger partial charge is 0.0291 e. The highest BCUT2D eigenvalue weighted by atomic mass is 14.9. The monoisotopic (exact) mass is 257 g/mol. The molecule has 1 nitrogen and oxygen atoms in total. The van der Waals surface area contributed by atoms with Crippen molar-refractivity contribution in [2.24, 2.45) is 5.92 Å². The minimum atomic E-state index is 0.507. The van der Waals surface area contributed by atoms with Crippen molar-refractivity contribution in [1.29, 1.82) is 0 Å². The van der Waals surface area contributed by atoms with Crippen LogP contribution in [0.15, 0.2) is 18.2 Å². The molecule has 0 heterocycles. The molecule has 0 amide bonds. The van der Waals surface area contributed by atoms with Crippen molar-refractivity contribution in [2.75, 3.05) is 6.54 Å². The fourth-order valence-electron chi connectivity index (χ4n) is 3.78. The van der Waals surface area contributed by atoms with Gasteiger partial charge in [0.25, 0.3) is 0 Å². The third-order valence-corrected chi connectivity index (χ3v) is 5.10. The zero-order valence-electron chi connectivity index (χ0n) is 12.3. The molecule has 1 fully saturated rings. The maximum absolute atomic E-state index is 3.72. The molecule has 0 aromatic heterocycles. The van der Waals surface area contributed by atoms with Gasteiger partial charge in [0.05, 0.1) is 0 Å². The minimum Gasteiger partial charge on any atom is -0.310 e.